The van der Waals surface area contributed by atoms with Gasteiger partial charge in [0.1, 0.15) is 5.82 Å². The van der Waals surface area contributed by atoms with Crippen molar-refractivity contribution in [2.24, 2.45) is 0 Å². The number of hydrogen-bond acceptors (Lipinski definition) is 5. The number of ether oxygens (including phenoxy) is 2. The molecular weight excluding hydrogens is 340 g/mol. The van der Waals surface area contributed by atoms with Crippen molar-refractivity contribution in [3.63, 3.8) is 0 Å². The molecule has 27 heavy (non-hydrogen) atoms. The predicted octanol–water partition coefficient (Wildman–Crippen LogP) is 3.85. The largest absolute Gasteiger partial charge is 0.493 e. The molecule has 0 unspecified atom stereocenters. The van der Waals surface area contributed by atoms with Crippen molar-refractivity contribution in [3.8, 4) is 11.5 Å². The van der Waals surface area contributed by atoms with Gasteiger partial charge in [-0.2, -0.15) is 0 Å². The number of anilines is 1. The van der Waals surface area contributed by atoms with Crippen molar-refractivity contribution >= 4 is 5.69 Å². The second-order valence-corrected chi connectivity index (χ2v) is 7.25. The van der Waals surface area contributed by atoms with E-state index in [0.29, 0.717) is 6.04 Å². The Labute approximate surface area is 162 Å². The molecule has 0 aliphatic carbocycles. The Bertz CT molecular complexity index is 716. The quantitative estimate of drug-likeness (QED) is 0.700. The summed E-state index contributed by atoms with van der Waals surface area (Å²) in [6, 6.07) is 6.44. The van der Waals surface area contributed by atoms with Gasteiger partial charge in [0.2, 0.25) is 0 Å². The third-order valence-electron chi connectivity index (χ3n) is 5.10. The Morgan fingerprint density at radius 1 is 1.26 bits per heavy atom. The van der Waals surface area contributed by atoms with Gasteiger partial charge in [-0.3, -0.25) is 4.90 Å². The minimum atomic E-state index is 0.430. The molecule has 0 radical (unpaired) electrons. The second kappa shape index (κ2) is 9.65. The number of rotatable bonds is 9. The number of hydrogen-bond donors (Lipinski definition) is 2. The standard InChI is InChI=1S/C21H32N4O2/c1-4-5-8-21-22-13-18(24-21)15-25-11-6-7-17(14-25)23-16-9-10-19(26-2)20(12-16)27-3/h9-10,12-13,17,23H,4-8,11,14-15H2,1-3H3,(H,22,24)/t17-/m0/s1. The van der Waals surface area contributed by atoms with E-state index in [0.717, 1.165) is 49.1 Å². The number of aryl methyl sites for hydroxylation is 1. The van der Waals surface area contributed by atoms with Gasteiger partial charge in [0.15, 0.2) is 11.5 Å². The summed E-state index contributed by atoms with van der Waals surface area (Å²) < 4.78 is 10.7. The minimum Gasteiger partial charge on any atom is -0.493 e. The summed E-state index contributed by atoms with van der Waals surface area (Å²) >= 11 is 0. The number of nitrogens with zero attached hydrogens (tertiary/aromatic N) is 2. The average Bonchev–Trinajstić information content (AvgIpc) is 3.13. The van der Waals surface area contributed by atoms with Crippen LogP contribution >= 0.6 is 0 Å². The number of aromatic amines is 1. The fourth-order valence-electron chi connectivity index (χ4n) is 3.68. The molecule has 0 bridgehead atoms. The zero-order valence-electron chi connectivity index (χ0n) is 16.8. The Hall–Kier alpha value is -2.21. The first-order valence-electron chi connectivity index (χ1n) is 9.95. The highest BCUT2D eigenvalue weighted by Gasteiger charge is 2.21. The van der Waals surface area contributed by atoms with Crippen LogP contribution in [0, 0.1) is 0 Å². The van der Waals surface area contributed by atoms with E-state index in [9.17, 15) is 0 Å². The van der Waals surface area contributed by atoms with Crippen LogP contribution in [0.2, 0.25) is 0 Å². The zero-order valence-corrected chi connectivity index (χ0v) is 16.8. The van der Waals surface area contributed by atoms with Crippen LogP contribution in [0.5, 0.6) is 11.5 Å². The number of likely N-dealkylation sites (tertiary alicyclic amines) is 1. The fraction of sp³-hybridized carbons (Fsp3) is 0.571. The van der Waals surface area contributed by atoms with Crippen molar-refractivity contribution in [2.75, 3.05) is 32.6 Å². The number of piperidine rings is 1. The highest BCUT2D eigenvalue weighted by atomic mass is 16.5. The average molecular weight is 373 g/mol. The van der Waals surface area contributed by atoms with E-state index in [1.54, 1.807) is 14.2 Å². The van der Waals surface area contributed by atoms with Crippen molar-refractivity contribution in [1.82, 2.24) is 14.9 Å². The number of methoxy groups -OCH3 is 2. The molecule has 0 amide bonds. The van der Waals surface area contributed by atoms with Crippen LogP contribution in [0.15, 0.2) is 24.4 Å². The van der Waals surface area contributed by atoms with Crippen LogP contribution < -0.4 is 14.8 Å². The third-order valence-corrected chi connectivity index (χ3v) is 5.10. The van der Waals surface area contributed by atoms with Crippen LogP contribution in [0.3, 0.4) is 0 Å². The molecule has 2 heterocycles. The molecule has 1 aromatic carbocycles. The highest BCUT2D eigenvalue weighted by molar-refractivity contribution is 5.55. The normalized spacial score (nSPS) is 17.7. The van der Waals surface area contributed by atoms with E-state index in [2.05, 4.69) is 33.2 Å². The zero-order chi connectivity index (χ0) is 19.1. The lowest BCUT2D eigenvalue weighted by atomic mass is 10.0. The number of nitrogens with one attached hydrogen (secondary N) is 2. The first-order chi connectivity index (χ1) is 13.2. The number of unbranched alkanes of at least 4 members (excludes halogenated alkanes) is 1. The minimum absolute atomic E-state index is 0.430. The van der Waals surface area contributed by atoms with E-state index in [1.807, 2.05) is 18.3 Å². The summed E-state index contributed by atoms with van der Waals surface area (Å²) in [5, 5.41) is 3.65. The van der Waals surface area contributed by atoms with Crippen LogP contribution in [-0.4, -0.2) is 48.2 Å². The Morgan fingerprint density at radius 3 is 2.89 bits per heavy atom. The molecule has 1 atom stereocenters. The lowest BCUT2D eigenvalue weighted by molar-refractivity contribution is 0.206. The Balaban J connectivity index is 1.55. The lowest BCUT2D eigenvalue weighted by Gasteiger charge is -2.33. The molecule has 3 rings (SSSR count). The van der Waals surface area contributed by atoms with Gasteiger partial charge in [-0.1, -0.05) is 13.3 Å². The first-order valence-corrected chi connectivity index (χ1v) is 9.95. The summed E-state index contributed by atoms with van der Waals surface area (Å²) in [7, 11) is 3.33. The summed E-state index contributed by atoms with van der Waals surface area (Å²) in [5.41, 5.74) is 2.29. The molecule has 6 nitrogen and oxygen atoms in total. The van der Waals surface area contributed by atoms with E-state index in [-0.39, 0.29) is 0 Å². The molecule has 148 valence electrons. The van der Waals surface area contributed by atoms with Gasteiger partial charge in [-0.05, 0) is 37.9 Å². The maximum atomic E-state index is 5.41. The van der Waals surface area contributed by atoms with Gasteiger partial charge in [0, 0.05) is 49.2 Å². The van der Waals surface area contributed by atoms with Crippen LogP contribution in [0.25, 0.3) is 0 Å². The summed E-state index contributed by atoms with van der Waals surface area (Å²) in [4.78, 5) is 10.5. The van der Waals surface area contributed by atoms with E-state index < -0.39 is 0 Å². The molecule has 1 aliphatic heterocycles. The molecule has 2 aromatic rings. The molecule has 6 heteroatoms. The highest BCUT2D eigenvalue weighted by Crippen LogP contribution is 2.30. The maximum absolute atomic E-state index is 5.41. The van der Waals surface area contributed by atoms with Crippen LogP contribution in [0.1, 0.15) is 44.1 Å². The van der Waals surface area contributed by atoms with Crippen LogP contribution in [-0.2, 0) is 13.0 Å². The van der Waals surface area contributed by atoms with Gasteiger partial charge in [-0.25, -0.2) is 4.98 Å². The second-order valence-electron chi connectivity index (χ2n) is 7.25. The molecule has 0 spiro atoms. The van der Waals surface area contributed by atoms with Gasteiger partial charge >= 0.3 is 0 Å². The number of H-pyrrole nitrogens is 1. The number of imidazole rings is 1. The van der Waals surface area contributed by atoms with Crippen molar-refractivity contribution < 1.29 is 9.47 Å². The first kappa shape index (κ1) is 19.5. The van der Waals surface area contributed by atoms with Crippen molar-refractivity contribution in [3.05, 3.63) is 35.9 Å². The molecule has 1 aromatic heterocycles. The van der Waals surface area contributed by atoms with Gasteiger partial charge in [0.25, 0.3) is 0 Å². The van der Waals surface area contributed by atoms with Gasteiger partial charge < -0.3 is 19.8 Å². The topological polar surface area (TPSA) is 62.4 Å². The third kappa shape index (κ3) is 5.39. The molecule has 0 saturated carbocycles. The molecule has 2 N–H and O–H groups in total. The lowest BCUT2D eigenvalue weighted by Crippen LogP contribution is -2.41. The monoisotopic (exact) mass is 372 g/mol. The molecule has 1 aliphatic rings. The molecule has 1 saturated heterocycles. The summed E-state index contributed by atoms with van der Waals surface area (Å²) in [5.74, 6) is 2.63. The van der Waals surface area contributed by atoms with E-state index in [4.69, 9.17) is 9.47 Å². The van der Waals surface area contributed by atoms with Crippen LogP contribution in [0.4, 0.5) is 5.69 Å². The Kier molecular flexibility index (Phi) is 6.98. The SMILES string of the molecule is CCCCc1ncc(CN2CCC[C@H](Nc3ccc(OC)c(OC)c3)C2)[nH]1. The number of benzene rings is 1. The van der Waals surface area contributed by atoms with E-state index >= 15 is 0 Å². The van der Waals surface area contributed by atoms with E-state index in [1.165, 1.54) is 31.4 Å². The van der Waals surface area contributed by atoms with Gasteiger partial charge in [0.05, 0.1) is 14.2 Å². The fourth-order valence-corrected chi connectivity index (χ4v) is 3.68. The Morgan fingerprint density at radius 2 is 2.11 bits per heavy atom. The van der Waals surface area contributed by atoms with Crippen molar-refractivity contribution in [2.45, 2.75) is 51.6 Å². The number of aromatic nitrogens is 2. The summed E-state index contributed by atoms with van der Waals surface area (Å²) in [6.45, 7) is 5.30. The smallest absolute Gasteiger partial charge is 0.162 e. The molecular formula is C21H32N4O2. The molecule has 1 fully saturated rings. The van der Waals surface area contributed by atoms with Gasteiger partial charge in [-0.15, -0.1) is 0 Å². The maximum Gasteiger partial charge on any atom is 0.162 e. The van der Waals surface area contributed by atoms with Crippen molar-refractivity contribution in [1.29, 1.82) is 0 Å². The summed E-state index contributed by atoms with van der Waals surface area (Å²) in [6.07, 6.45) is 7.80. The predicted molar refractivity (Wildman–Crippen MR) is 109 cm³/mol.